The molecule has 0 atom stereocenters. The van der Waals surface area contributed by atoms with Crippen molar-refractivity contribution in [2.24, 2.45) is 0 Å². The van der Waals surface area contributed by atoms with Crippen molar-refractivity contribution in [2.45, 2.75) is 13.8 Å². The maximum atomic E-state index is 12.3. The number of rotatable bonds is 5. The van der Waals surface area contributed by atoms with Crippen LogP contribution in [0.3, 0.4) is 0 Å². The Kier molecular flexibility index (Phi) is 5.05. The highest BCUT2D eigenvalue weighted by molar-refractivity contribution is 7.18. The molecule has 9 heteroatoms. The third-order valence-electron chi connectivity index (χ3n) is 3.11. The van der Waals surface area contributed by atoms with Crippen LogP contribution in [0.15, 0.2) is 35.8 Å². The molecular formula is C16H15N5O2S2. The van der Waals surface area contributed by atoms with Crippen LogP contribution >= 0.6 is 22.7 Å². The molecule has 0 bridgehead atoms. The number of anilines is 4. The Morgan fingerprint density at radius 2 is 1.76 bits per heavy atom. The van der Waals surface area contributed by atoms with Crippen LogP contribution in [-0.2, 0) is 4.79 Å². The Hall–Kier alpha value is -2.78. The molecule has 2 amide bonds. The average molecular weight is 373 g/mol. The van der Waals surface area contributed by atoms with E-state index in [1.807, 2.05) is 12.1 Å². The molecule has 3 aromatic rings. The van der Waals surface area contributed by atoms with Gasteiger partial charge in [-0.25, -0.2) is 9.97 Å². The standard InChI is InChI=1S/C16H15N5O2S2/c1-9-13(14(23)21-15-17-7-8-24-15)25-16(18-9)20-12-5-3-11(4-6-12)19-10(2)22/h3-8H,1-2H3,(H,18,20)(H,19,22)(H,17,21,23). The molecule has 0 saturated carbocycles. The maximum Gasteiger partial charge on any atom is 0.269 e. The van der Waals surface area contributed by atoms with Crippen LogP contribution in [0.1, 0.15) is 22.3 Å². The van der Waals surface area contributed by atoms with E-state index in [1.165, 1.54) is 29.6 Å². The largest absolute Gasteiger partial charge is 0.332 e. The van der Waals surface area contributed by atoms with E-state index in [1.54, 1.807) is 30.6 Å². The molecule has 25 heavy (non-hydrogen) atoms. The molecule has 2 heterocycles. The van der Waals surface area contributed by atoms with Crippen LogP contribution in [-0.4, -0.2) is 21.8 Å². The molecule has 1 aromatic carbocycles. The van der Waals surface area contributed by atoms with Crippen molar-refractivity contribution in [2.75, 3.05) is 16.0 Å². The molecule has 0 radical (unpaired) electrons. The predicted octanol–water partition coefficient (Wildman–Crippen LogP) is 3.86. The molecule has 0 fully saturated rings. The van der Waals surface area contributed by atoms with Gasteiger partial charge in [-0.2, -0.15) is 0 Å². The van der Waals surface area contributed by atoms with Gasteiger partial charge in [0.25, 0.3) is 5.91 Å². The van der Waals surface area contributed by atoms with E-state index in [2.05, 4.69) is 25.9 Å². The van der Waals surface area contributed by atoms with Crippen LogP contribution in [0.5, 0.6) is 0 Å². The van der Waals surface area contributed by atoms with Crippen molar-refractivity contribution in [3.8, 4) is 0 Å². The molecule has 0 saturated heterocycles. The third-order valence-corrected chi connectivity index (χ3v) is 4.87. The van der Waals surface area contributed by atoms with Crippen LogP contribution in [0.25, 0.3) is 0 Å². The first-order chi connectivity index (χ1) is 12.0. The van der Waals surface area contributed by atoms with Gasteiger partial charge < -0.3 is 10.6 Å². The van der Waals surface area contributed by atoms with E-state index >= 15 is 0 Å². The lowest BCUT2D eigenvalue weighted by atomic mass is 10.3. The topological polar surface area (TPSA) is 96.0 Å². The van der Waals surface area contributed by atoms with E-state index in [4.69, 9.17) is 0 Å². The van der Waals surface area contributed by atoms with E-state index < -0.39 is 0 Å². The highest BCUT2D eigenvalue weighted by Gasteiger charge is 2.16. The van der Waals surface area contributed by atoms with E-state index in [-0.39, 0.29) is 11.8 Å². The minimum Gasteiger partial charge on any atom is -0.332 e. The van der Waals surface area contributed by atoms with Gasteiger partial charge in [0.15, 0.2) is 10.3 Å². The number of aromatic nitrogens is 2. The van der Waals surface area contributed by atoms with Gasteiger partial charge in [-0.1, -0.05) is 11.3 Å². The summed E-state index contributed by atoms with van der Waals surface area (Å²) in [5.74, 6) is -0.342. The summed E-state index contributed by atoms with van der Waals surface area (Å²) in [5, 5.41) is 11.6. The Morgan fingerprint density at radius 3 is 2.40 bits per heavy atom. The zero-order valence-electron chi connectivity index (χ0n) is 13.5. The number of aryl methyl sites for hydroxylation is 1. The number of carbonyl (C=O) groups is 2. The van der Waals surface area contributed by atoms with Crippen molar-refractivity contribution >= 4 is 56.1 Å². The first kappa shape index (κ1) is 17.1. The quantitative estimate of drug-likeness (QED) is 0.631. The van der Waals surface area contributed by atoms with Crippen LogP contribution in [0.2, 0.25) is 0 Å². The molecule has 0 aliphatic carbocycles. The Bertz CT molecular complexity index is 888. The summed E-state index contributed by atoms with van der Waals surface area (Å²) in [5.41, 5.74) is 2.18. The summed E-state index contributed by atoms with van der Waals surface area (Å²) in [4.78, 5) is 32.3. The monoisotopic (exact) mass is 373 g/mol. The van der Waals surface area contributed by atoms with E-state index in [0.29, 0.717) is 20.8 Å². The number of hydrogen-bond donors (Lipinski definition) is 3. The Morgan fingerprint density at radius 1 is 1.04 bits per heavy atom. The lowest BCUT2D eigenvalue weighted by molar-refractivity contribution is -0.114. The summed E-state index contributed by atoms with van der Waals surface area (Å²) < 4.78 is 0. The predicted molar refractivity (Wildman–Crippen MR) is 101 cm³/mol. The number of carbonyl (C=O) groups excluding carboxylic acids is 2. The Labute approximate surface area is 152 Å². The number of hydrogen-bond acceptors (Lipinski definition) is 7. The summed E-state index contributed by atoms with van der Waals surface area (Å²) in [6, 6.07) is 7.25. The minimum atomic E-state index is -0.223. The molecular weight excluding hydrogens is 358 g/mol. The minimum absolute atomic E-state index is 0.118. The molecule has 0 spiro atoms. The highest BCUT2D eigenvalue weighted by atomic mass is 32.1. The summed E-state index contributed by atoms with van der Waals surface area (Å²) in [6.07, 6.45) is 1.64. The van der Waals surface area contributed by atoms with Crippen LogP contribution < -0.4 is 16.0 Å². The number of thiazole rings is 2. The number of benzene rings is 1. The second kappa shape index (κ2) is 7.41. The zero-order valence-corrected chi connectivity index (χ0v) is 15.1. The van der Waals surface area contributed by atoms with Gasteiger partial charge in [-0.05, 0) is 31.2 Å². The maximum absolute atomic E-state index is 12.3. The third kappa shape index (κ3) is 4.40. The van der Waals surface area contributed by atoms with Crippen LogP contribution in [0.4, 0.5) is 21.6 Å². The SMILES string of the molecule is CC(=O)Nc1ccc(Nc2nc(C)c(C(=O)Nc3nccs3)s2)cc1. The van der Waals surface area contributed by atoms with Gasteiger partial charge >= 0.3 is 0 Å². The van der Waals surface area contributed by atoms with Gasteiger partial charge in [0.2, 0.25) is 5.91 Å². The number of nitrogens with zero attached hydrogens (tertiary/aromatic N) is 2. The smallest absolute Gasteiger partial charge is 0.269 e. The molecule has 0 aliphatic heterocycles. The van der Waals surface area contributed by atoms with Gasteiger partial charge in [-0.15, -0.1) is 11.3 Å². The fourth-order valence-electron chi connectivity index (χ4n) is 2.06. The zero-order chi connectivity index (χ0) is 17.8. The van der Waals surface area contributed by atoms with Gasteiger partial charge in [-0.3, -0.25) is 14.9 Å². The number of nitrogens with one attached hydrogen (secondary N) is 3. The first-order valence-corrected chi connectivity index (χ1v) is 9.04. The number of amides is 2. The fourth-order valence-corrected chi connectivity index (χ4v) is 3.47. The average Bonchev–Trinajstić information content (AvgIpc) is 3.18. The molecule has 2 aromatic heterocycles. The van der Waals surface area contributed by atoms with Gasteiger partial charge in [0, 0.05) is 29.9 Å². The van der Waals surface area contributed by atoms with Crippen molar-refractivity contribution in [1.82, 2.24) is 9.97 Å². The molecule has 3 rings (SSSR count). The molecule has 0 unspecified atom stereocenters. The second-order valence-electron chi connectivity index (χ2n) is 5.11. The van der Waals surface area contributed by atoms with E-state index in [9.17, 15) is 9.59 Å². The highest BCUT2D eigenvalue weighted by Crippen LogP contribution is 2.27. The van der Waals surface area contributed by atoms with Crippen molar-refractivity contribution < 1.29 is 9.59 Å². The van der Waals surface area contributed by atoms with Crippen molar-refractivity contribution in [3.05, 3.63) is 46.4 Å². The summed E-state index contributed by atoms with van der Waals surface area (Å²) in [6.45, 7) is 3.25. The Balaban J connectivity index is 1.69. The van der Waals surface area contributed by atoms with Gasteiger partial charge in [0.05, 0.1) is 5.69 Å². The summed E-state index contributed by atoms with van der Waals surface area (Å²) in [7, 11) is 0. The second-order valence-corrected chi connectivity index (χ2v) is 7.00. The fraction of sp³-hybridized carbons (Fsp3) is 0.125. The molecule has 0 aliphatic rings. The van der Waals surface area contributed by atoms with Crippen molar-refractivity contribution in [1.29, 1.82) is 0 Å². The lowest BCUT2D eigenvalue weighted by Crippen LogP contribution is -2.11. The van der Waals surface area contributed by atoms with E-state index in [0.717, 1.165) is 11.4 Å². The lowest BCUT2D eigenvalue weighted by Gasteiger charge is -2.05. The van der Waals surface area contributed by atoms with Gasteiger partial charge in [0.1, 0.15) is 4.88 Å². The summed E-state index contributed by atoms with van der Waals surface area (Å²) >= 11 is 2.63. The van der Waals surface area contributed by atoms with Crippen molar-refractivity contribution in [3.63, 3.8) is 0 Å². The van der Waals surface area contributed by atoms with Crippen LogP contribution in [0, 0.1) is 6.92 Å². The molecule has 7 nitrogen and oxygen atoms in total. The molecule has 128 valence electrons. The normalized spacial score (nSPS) is 10.3. The first-order valence-electron chi connectivity index (χ1n) is 7.34. The molecule has 3 N–H and O–H groups in total.